The topological polar surface area (TPSA) is 49.4 Å². The number of hydrogen-bond donors (Lipinski definition) is 1. The van der Waals surface area contributed by atoms with Crippen LogP contribution in [0.4, 0.5) is 0 Å². The Kier molecular flexibility index (Phi) is 5.90. The number of rotatable bonds is 3. The molecule has 0 aromatic carbocycles. The summed E-state index contributed by atoms with van der Waals surface area (Å²) in [5.41, 5.74) is 0. The second-order valence-electron chi connectivity index (χ2n) is 4.38. The minimum Gasteiger partial charge on any atom is -0.356 e. The van der Waals surface area contributed by atoms with Crippen molar-refractivity contribution in [3.05, 3.63) is 0 Å². The minimum absolute atomic E-state index is 0.0690. The lowest BCUT2D eigenvalue weighted by atomic mass is 10.1. The highest BCUT2D eigenvalue weighted by atomic mass is 16.2. The van der Waals surface area contributed by atoms with Crippen LogP contribution in [-0.2, 0) is 9.59 Å². The Bertz CT molecular complexity index is 233. The summed E-state index contributed by atoms with van der Waals surface area (Å²) in [5, 5.41) is 2.66. The fraction of sp³-hybridized carbons (Fsp3) is 0.833. The van der Waals surface area contributed by atoms with E-state index in [1.54, 1.807) is 0 Å². The van der Waals surface area contributed by atoms with Crippen LogP contribution in [0.2, 0.25) is 0 Å². The van der Waals surface area contributed by atoms with E-state index in [0.29, 0.717) is 13.0 Å². The van der Waals surface area contributed by atoms with Crippen LogP contribution in [0.1, 0.15) is 45.4 Å². The number of nitrogens with zero attached hydrogens (tertiary/aromatic N) is 1. The first-order valence-corrected chi connectivity index (χ1v) is 6.22. The van der Waals surface area contributed by atoms with Gasteiger partial charge in [0.1, 0.15) is 0 Å². The van der Waals surface area contributed by atoms with Crippen LogP contribution in [0.5, 0.6) is 0 Å². The monoisotopic (exact) mass is 226 g/mol. The van der Waals surface area contributed by atoms with Crippen molar-refractivity contribution in [3.8, 4) is 0 Å². The third kappa shape index (κ3) is 5.14. The molecule has 0 saturated carbocycles. The summed E-state index contributed by atoms with van der Waals surface area (Å²) in [6.07, 6.45) is 6.43. The maximum atomic E-state index is 11.8. The quantitative estimate of drug-likeness (QED) is 0.788. The van der Waals surface area contributed by atoms with Gasteiger partial charge in [-0.05, 0) is 12.8 Å². The fourth-order valence-corrected chi connectivity index (χ4v) is 2.00. The van der Waals surface area contributed by atoms with Crippen molar-refractivity contribution in [3.63, 3.8) is 0 Å². The van der Waals surface area contributed by atoms with Gasteiger partial charge in [-0.1, -0.05) is 19.3 Å². The van der Waals surface area contributed by atoms with Crippen molar-refractivity contribution in [1.29, 1.82) is 0 Å². The standard InChI is InChI=1S/C12H22N2O2/c1-11(15)13-8-7-12(16)14-9-5-3-2-4-6-10-14/h2-10H2,1H3,(H,13,15). The summed E-state index contributed by atoms with van der Waals surface area (Å²) >= 11 is 0. The molecule has 0 aromatic heterocycles. The number of likely N-dealkylation sites (tertiary alicyclic amines) is 1. The summed E-state index contributed by atoms with van der Waals surface area (Å²) in [6.45, 7) is 3.71. The molecule has 0 spiro atoms. The maximum absolute atomic E-state index is 11.8. The van der Waals surface area contributed by atoms with Gasteiger partial charge in [-0.2, -0.15) is 0 Å². The smallest absolute Gasteiger partial charge is 0.224 e. The average Bonchev–Trinajstić information content (AvgIpc) is 2.15. The Balaban J connectivity index is 2.24. The minimum atomic E-state index is -0.0690. The van der Waals surface area contributed by atoms with Gasteiger partial charge in [-0.3, -0.25) is 9.59 Å². The molecule has 0 bridgehead atoms. The number of carbonyl (C=O) groups is 2. The van der Waals surface area contributed by atoms with Gasteiger partial charge >= 0.3 is 0 Å². The van der Waals surface area contributed by atoms with E-state index in [-0.39, 0.29) is 11.8 Å². The Morgan fingerprint density at radius 1 is 1.06 bits per heavy atom. The van der Waals surface area contributed by atoms with Gasteiger partial charge in [-0.25, -0.2) is 0 Å². The fourth-order valence-electron chi connectivity index (χ4n) is 2.00. The second kappa shape index (κ2) is 7.25. The van der Waals surface area contributed by atoms with E-state index >= 15 is 0 Å². The lowest BCUT2D eigenvalue weighted by molar-refractivity contribution is -0.131. The molecule has 1 fully saturated rings. The van der Waals surface area contributed by atoms with Gasteiger partial charge in [-0.15, -0.1) is 0 Å². The van der Waals surface area contributed by atoms with E-state index in [0.717, 1.165) is 25.9 Å². The summed E-state index contributed by atoms with van der Waals surface area (Å²) in [4.78, 5) is 24.4. The molecule has 0 radical (unpaired) electrons. The normalized spacial score (nSPS) is 17.4. The van der Waals surface area contributed by atoms with Gasteiger partial charge < -0.3 is 10.2 Å². The van der Waals surface area contributed by atoms with Crippen molar-refractivity contribution >= 4 is 11.8 Å². The van der Waals surface area contributed by atoms with Crippen LogP contribution in [0.25, 0.3) is 0 Å². The van der Waals surface area contributed by atoms with Crippen LogP contribution in [-0.4, -0.2) is 36.3 Å². The molecule has 0 atom stereocenters. The summed E-state index contributed by atoms with van der Waals surface area (Å²) in [6, 6.07) is 0. The van der Waals surface area contributed by atoms with Crippen molar-refractivity contribution in [2.45, 2.75) is 45.4 Å². The molecule has 1 rings (SSSR count). The predicted octanol–water partition coefficient (Wildman–Crippen LogP) is 1.31. The third-order valence-corrected chi connectivity index (χ3v) is 2.92. The molecule has 1 N–H and O–H groups in total. The molecule has 4 heteroatoms. The zero-order chi connectivity index (χ0) is 11.8. The highest BCUT2D eigenvalue weighted by Crippen LogP contribution is 2.11. The molecule has 0 unspecified atom stereocenters. The van der Waals surface area contributed by atoms with Crippen LogP contribution < -0.4 is 5.32 Å². The Morgan fingerprint density at radius 3 is 2.19 bits per heavy atom. The molecule has 16 heavy (non-hydrogen) atoms. The van der Waals surface area contributed by atoms with Crippen LogP contribution >= 0.6 is 0 Å². The van der Waals surface area contributed by atoms with Crippen LogP contribution in [0.3, 0.4) is 0 Å². The molecule has 2 amide bonds. The molecule has 1 aliphatic rings. The second-order valence-corrected chi connectivity index (χ2v) is 4.38. The number of amides is 2. The zero-order valence-electron chi connectivity index (χ0n) is 10.1. The third-order valence-electron chi connectivity index (χ3n) is 2.92. The molecular formula is C12H22N2O2. The number of carbonyl (C=O) groups excluding carboxylic acids is 2. The van der Waals surface area contributed by atoms with Gasteiger partial charge in [0.15, 0.2) is 0 Å². The van der Waals surface area contributed by atoms with Crippen molar-refractivity contribution in [2.24, 2.45) is 0 Å². The molecular weight excluding hydrogens is 204 g/mol. The zero-order valence-corrected chi connectivity index (χ0v) is 10.1. The molecule has 4 nitrogen and oxygen atoms in total. The molecule has 1 heterocycles. The van der Waals surface area contributed by atoms with Crippen molar-refractivity contribution in [1.82, 2.24) is 10.2 Å². The highest BCUT2D eigenvalue weighted by Gasteiger charge is 2.14. The van der Waals surface area contributed by atoms with E-state index in [2.05, 4.69) is 5.32 Å². The molecule has 1 saturated heterocycles. The van der Waals surface area contributed by atoms with E-state index in [4.69, 9.17) is 0 Å². The van der Waals surface area contributed by atoms with Crippen LogP contribution in [0, 0.1) is 0 Å². The Morgan fingerprint density at radius 2 is 1.62 bits per heavy atom. The summed E-state index contributed by atoms with van der Waals surface area (Å²) in [5.74, 6) is 0.108. The highest BCUT2D eigenvalue weighted by molar-refractivity contribution is 5.78. The van der Waals surface area contributed by atoms with Crippen molar-refractivity contribution in [2.75, 3.05) is 19.6 Å². The first-order valence-electron chi connectivity index (χ1n) is 6.22. The van der Waals surface area contributed by atoms with E-state index in [1.807, 2.05) is 4.90 Å². The lowest BCUT2D eigenvalue weighted by Gasteiger charge is -2.24. The van der Waals surface area contributed by atoms with Gasteiger partial charge in [0.05, 0.1) is 0 Å². The average molecular weight is 226 g/mol. The van der Waals surface area contributed by atoms with Gasteiger partial charge in [0, 0.05) is 33.0 Å². The SMILES string of the molecule is CC(=O)NCCC(=O)N1CCCCCCC1. The molecule has 0 aliphatic carbocycles. The number of nitrogens with one attached hydrogen (secondary N) is 1. The molecule has 92 valence electrons. The van der Waals surface area contributed by atoms with E-state index < -0.39 is 0 Å². The predicted molar refractivity (Wildman–Crippen MR) is 63.0 cm³/mol. The van der Waals surface area contributed by atoms with Crippen LogP contribution in [0.15, 0.2) is 0 Å². The first kappa shape index (κ1) is 13.0. The maximum Gasteiger partial charge on any atom is 0.224 e. The lowest BCUT2D eigenvalue weighted by Crippen LogP contribution is -2.36. The van der Waals surface area contributed by atoms with Gasteiger partial charge in [0.25, 0.3) is 0 Å². The molecule has 0 aromatic rings. The Labute approximate surface area is 97.4 Å². The Hall–Kier alpha value is -1.06. The van der Waals surface area contributed by atoms with E-state index in [1.165, 1.54) is 26.2 Å². The molecule has 1 aliphatic heterocycles. The van der Waals surface area contributed by atoms with Crippen molar-refractivity contribution < 1.29 is 9.59 Å². The van der Waals surface area contributed by atoms with Gasteiger partial charge in [0.2, 0.25) is 11.8 Å². The summed E-state index contributed by atoms with van der Waals surface area (Å²) in [7, 11) is 0. The number of hydrogen-bond acceptors (Lipinski definition) is 2. The largest absolute Gasteiger partial charge is 0.356 e. The summed E-state index contributed by atoms with van der Waals surface area (Å²) < 4.78 is 0. The first-order chi connectivity index (χ1) is 7.70. The van der Waals surface area contributed by atoms with E-state index in [9.17, 15) is 9.59 Å².